The number of ether oxygens (including phenoxy) is 1. The van der Waals surface area contributed by atoms with Gasteiger partial charge in [-0.2, -0.15) is 0 Å². The molecule has 1 N–H and O–H groups in total. The van der Waals surface area contributed by atoms with Crippen molar-refractivity contribution in [1.29, 1.82) is 0 Å². The van der Waals surface area contributed by atoms with Crippen LogP contribution in [-0.4, -0.2) is 43.8 Å². The molecule has 1 heterocycles. The lowest BCUT2D eigenvalue weighted by Crippen LogP contribution is -2.55. The first-order valence-electron chi connectivity index (χ1n) is 7.23. The van der Waals surface area contributed by atoms with Gasteiger partial charge in [0.05, 0.1) is 13.2 Å². The highest BCUT2D eigenvalue weighted by atomic mass is 35.5. The van der Waals surface area contributed by atoms with E-state index in [1.807, 2.05) is 14.0 Å². The monoisotopic (exact) mass is 296 g/mol. The number of morpholine rings is 1. The molecule has 0 saturated carbocycles. The van der Waals surface area contributed by atoms with E-state index in [0.717, 1.165) is 36.9 Å². The molecular formula is C16H25ClN2O. The van der Waals surface area contributed by atoms with Crippen molar-refractivity contribution in [2.45, 2.75) is 32.4 Å². The van der Waals surface area contributed by atoms with E-state index in [2.05, 4.69) is 42.3 Å². The van der Waals surface area contributed by atoms with Gasteiger partial charge in [0.25, 0.3) is 0 Å². The third kappa shape index (κ3) is 3.17. The molecule has 1 saturated heterocycles. The zero-order valence-corrected chi connectivity index (χ0v) is 13.6. The number of hydrogen-bond donors (Lipinski definition) is 1. The summed E-state index contributed by atoms with van der Waals surface area (Å²) in [5.41, 5.74) is 2.37. The molecule has 0 bridgehead atoms. The van der Waals surface area contributed by atoms with Gasteiger partial charge < -0.3 is 10.1 Å². The van der Waals surface area contributed by atoms with Crippen LogP contribution in [0.15, 0.2) is 18.2 Å². The zero-order chi connectivity index (χ0) is 14.8. The summed E-state index contributed by atoms with van der Waals surface area (Å²) in [7, 11) is 2.01. The minimum atomic E-state index is 0.0110. The van der Waals surface area contributed by atoms with Crippen LogP contribution in [0.2, 0.25) is 5.02 Å². The number of hydrogen-bond acceptors (Lipinski definition) is 3. The largest absolute Gasteiger partial charge is 0.379 e. The summed E-state index contributed by atoms with van der Waals surface area (Å²) in [6.07, 6.45) is 0. The second-order valence-corrected chi connectivity index (χ2v) is 6.39. The predicted octanol–water partition coefficient (Wildman–Crippen LogP) is 3.02. The summed E-state index contributed by atoms with van der Waals surface area (Å²) in [6.45, 7) is 10.2. The van der Waals surface area contributed by atoms with E-state index in [9.17, 15) is 0 Å². The number of benzene rings is 1. The smallest absolute Gasteiger partial charge is 0.0594 e. The lowest BCUT2D eigenvalue weighted by Gasteiger charge is -2.46. The molecule has 1 unspecified atom stereocenters. The summed E-state index contributed by atoms with van der Waals surface area (Å²) in [5, 5.41) is 4.30. The van der Waals surface area contributed by atoms with Gasteiger partial charge >= 0.3 is 0 Å². The molecular weight excluding hydrogens is 272 g/mol. The van der Waals surface area contributed by atoms with Gasteiger partial charge in [0.15, 0.2) is 0 Å². The van der Waals surface area contributed by atoms with Crippen molar-refractivity contribution >= 4 is 11.6 Å². The molecule has 1 aromatic rings. The normalized spacial score (nSPS) is 19.1. The molecule has 112 valence electrons. The van der Waals surface area contributed by atoms with Crippen LogP contribution in [0.4, 0.5) is 0 Å². The Morgan fingerprint density at radius 3 is 2.50 bits per heavy atom. The number of aryl methyl sites for hydroxylation is 1. The fourth-order valence-electron chi connectivity index (χ4n) is 3.04. The second kappa shape index (κ2) is 6.44. The first kappa shape index (κ1) is 15.8. The Labute approximate surface area is 127 Å². The summed E-state index contributed by atoms with van der Waals surface area (Å²) < 4.78 is 5.47. The number of rotatable bonds is 4. The van der Waals surface area contributed by atoms with Crippen LogP contribution in [0.3, 0.4) is 0 Å². The van der Waals surface area contributed by atoms with Crippen molar-refractivity contribution in [3.63, 3.8) is 0 Å². The predicted molar refractivity (Wildman–Crippen MR) is 84.5 cm³/mol. The molecule has 1 fully saturated rings. The Bertz CT molecular complexity index is 456. The quantitative estimate of drug-likeness (QED) is 0.924. The van der Waals surface area contributed by atoms with Crippen LogP contribution in [0.1, 0.15) is 31.0 Å². The van der Waals surface area contributed by atoms with Gasteiger partial charge in [0, 0.05) is 29.7 Å². The molecule has 1 aliphatic heterocycles. The van der Waals surface area contributed by atoms with Crippen molar-refractivity contribution in [2.75, 3.05) is 33.4 Å². The molecule has 20 heavy (non-hydrogen) atoms. The Kier molecular flexibility index (Phi) is 5.08. The van der Waals surface area contributed by atoms with Crippen LogP contribution in [0.25, 0.3) is 0 Å². The van der Waals surface area contributed by atoms with Gasteiger partial charge in [-0.1, -0.05) is 23.7 Å². The Hall–Kier alpha value is -0.610. The minimum absolute atomic E-state index is 0.0110. The number of likely N-dealkylation sites (N-methyl/N-ethyl adjacent to an activating group) is 1. The molecule has 0 aromatic heterocycles. The average Bonchev–Trinajstić information content (AvgIpc) is 2.44. The van der Waals surface area contributed by atoms with Gasteiger partial charge in [0.1, 0.15) is 0 Å². The van der Waals surface area contributed by atoms with Gasteiger partial charge in [0.2, 0.25) is 0 Å². The van der Waals surface area contributed by atoms with E-state index in [0.29, 0.717) is 0 Å². The summed E-state index contributed by atoms with van der Waals surface area (Å²) in [4.78, 5) is 2.49. The minimum Gasteiger partial charge on any atom is -0.379 e. The van der Waals surface area contributed by atoms with E-state index in [-0.39, 0.29) is 11.6 Å². The van der Waals surface area contributed by atoms with Crippen LogP contribution < -0.4 is 5.32 Å². The molecule has 2 rings (SSSR count). The Balaban J connectivity index is 2.27. The summed E-state index contributed by atoms with van der Waals surface area (Å²) in [5.74, 6) is 0. The van der Waals surface area contributed by atoms with Crippen molar-refractivity contribution in [3.8, 4) is 0 Å². The average molecular weight is 297 g/mol. The van der Waals surface area contributed by atoms with Gasteiger partial charge in [-0.15, -0.1) is 0 Å². The second-order valence-electron chi connectivity index (χ2n) is 5.98. The van der Waals surface area contributed by atoms with Crippen molar-refractivity contribution in [2.24, 2.45) is 0 Å². The van der Waals surface area contributed by atoms with E-state index in [1.54, 1.807) is 0 Å². The van der Waals surface area contributed by atoms with Crippen molar-refractivity contribution in [1.82, 2.24) is 10.2 Å². The maximum atomic E-state index is 6.29. The molecule has 3 nitrogen and oxygen atoms in total. The van der Waals surface area contributed by atoms with Crippen LogP contribution in [-0.2, 0) is 4.74 Å². The first-order chi connectivity index (χ1) is 9.46. The summed E-state index contributed by atoms with van der Waals surface area (Å²) >= 11 is 6.29. The number of nitrogens with one attached hydrogen (secondary N) is 1. The highest BCUT2D eigenvalue weighted by Crippen LogP contribution is 2.33. The maximum Gasteiger partial charge on any atom is 0.0594 e. The van der Waals surface area contributed by atoms with Crippen LogP contribution in [0.5, 0.6) is 0 Å². The Morgan fingerprint density at radius 1 is 1.30 bits per heavy atom. The fraction of sp³-hybridized carbons (Fsp3) is 0.625. The van der Waals surface area contributed by atoms with Gasteiger partial charge in [-0.05, 0) is 45.0 Å². The van der Waals surface area contributed by atoms with Gasteiger partial charge in [-0.3, -0.25) is 4.90 Å². The third-order valence-corrected chi connectivity index (χ3v) is 4.76. The number of halogens is 1. The Morgan fingerprint density at radius 2 is 1.95 bits per heavy atom. The maximum absolute atomic E-state index is 6.29. The molecule has 1 atom stereocenters. The van der Waals surface area contributed by atoms with Crippen molar-refractivity contribution in [3.05, 3.63) is 34.3 Å². The lowest BCUT2D eigenvalue weighted by molar-refractivity contribution is -0.0229. The molecule has 0 amide bonds. The van der Waals surface area contributed by atoms with Crippen LogP contribution in [0, 0.1) is 6.92 Å². The first-order valence-corrected chi connectivity index (χ1v) is 7.60. The van der Waals surface area contributed by atoms with E-state index < -0.39 is 0 Å². The number of nitrogens with zero attached hydrogens (tertiary/aromatic N) is 1. The van der Waals surface area contributed by atoms with Gasteiger partial charge in [-0.25, -0.2) is 0 Å². The lowest BCUT2D eigenvalue weighted by atomic mass is 9.86. The molecule has 0 radical (unpaired) electrons. The molecule has 1 aliphatic rings. The fourth-order valence-corrected chi connectivity index (χ4v) is 3.23. The molecule has 0 spiro atoms. The SMILES string of the molecule is CNC(c1ccc(C)c(Cl)c1)C(C)(C)N1CCOCC1. The third-order valence-electron chi connectivity index (χ3n) is 4.35. The standard InChI is InChI=1S/C16H25ClN2O/c1-12-5-6-13(11-14(12)17)15(18-4)16(2,3)19-7-9-20-10-8-19/h5-6,11,15,18H,7-10H2,1-4H3. The highest BCUT2D eigenvalue weighted by Gasteiger charge is 2.36. The molecule has 1 aromatic carbocycles. The molecule has 0 aliphatic carbocycles. The zero-order valence-electron chi connectivity index (χ0n) is 12.9. The topological polar surface area (TPSA) is 24.5 Å². The highest BCUT2D eigenvalue weighted by molar-refractivity contribution is 6.31. The molecule has 4 heteroatoms. The summed E-state index contributed by atoms with van der Waals surface area (Å²) in [6, 6.07) is 6.58. The van der Waals surface area contributed by atoms with Crippen molar-refractivity contribution < 1.29 is 4.74 Å². The van der Waals surface area contributed by atoms with E-state index >= 15 is 0 Å². The van der Waals surface area contributed by atoms with Crippen LogP contribution >= 0.6 is 11.6 Å². The van der Waals surface area contributed by atoms with E-state index in [1.165, 1.54) is 5.56 Å². The van der Waals surface area contributed by atoms with E-state index in [4.69, 9.17) is 16.3 Å².